The Bertz CT molecular complexity index is 1710. The van der Waals surface area contributed by atoms with E-state index >= 15 is 0 Å². The monoisotopic (exact) mass is 628 g/mol. The van der Waals surface area contributed by atoms with Crippen LogP contribution in [0.2, 0.25) is 0 Å². The van der Waals surface area contributed by atoms with E-state index in [2.05, 4.69) is 5.32 Å². The van der Waals surface area contributed by atoms with Gasteiger partial charge in [0.1, 0.15) is 29.5 Å². The molecule has 2 heterocycles. The minimum atomic E-state index is -1.54. The molecule has 1 amide bonds. The number of hydrogen-bond donors (Lipinski definition) is 3. The van der Waals surface area contributed by atoms with E-state index in [0.717, 1.165) is 5.56 Å². The summed E-state index contributed by atoms with van der Waals surface area (Å²) in [6, 6.07) is 21.3. The summed E-state index contributed by atoms with van der Waals surface area (Å²) >= 11 is 0. The number of Topliss-reactive ketones (excluding diaryl/α,β-unsaturated/α-hetero) is 1. The van der Waals surface area contributed by atoms with Crippen LogP contribution < -0.4 is 19.5 Å². The number of ether oxygens (including phenoxy) is 3. The molecule has 1 aliphatic rings. The van der Waals surface area contributed by atoms with Crippen molar-refractivity contribution in [2.45, 2.75) is 37.7 Å². The number of carbonyl (C=O) groups excluding carboxylic acids is 2. The Morgan fingerprint density at radius 3 is 2.48 bits per heavy atom. The molecule has 2 atom stereocenters. The van der Waals surface area contributed by atoms with E-state index in [0.29, 0.717) is 45.3 Å². The smallest absolute Gasteiger partial charge is 0.251 e. The van der Waals surface area contributed by atoms with Gasteiger partial charge in [0.2, 0.25) is 0 Å². The Kier molecular flexibility index (Phi) is 9.69. The van der Waals surface area contributed by atoms with Crippen LogP contribution in [0, 0.1) is 5.82 Å². The highest BCUT2D eigenvalue weighted by Crippen LogP contribution is 2.46. The van der Waals surface area contributed by atoms with Crippen LogP contribution in [0.3, 0.4) is 0 Å². The lowest BCUT2D eigenvalue weighted by Crippen LogP contribution is -2.40. The minimum Gasteiger partial charge on any atom is -0.493 e. The van der Waals surface area contributed by atoms with Crippen molar-refractivity contribution in [2.24, 2.45) is 0 Å². The fourth-order valence-electron chi connectivity index (χ4n) is 5.37. The average Bonchev–Trinajstić information content (AvgIpc) is 3.41. The van der Waals surface area contributed by atoms with E-state index in [1.165, 1.54) is 19.2 Å². The van der Waals surface area contributed by atoms with Crippen LogP contribution in [-0.4, -0.2) is 60.4 Å². The number of methoxy groups -OCH3 is 1. The number of nitrogens with one attached hydrogen (secondary N) is 1. The van der Waals surface area contributed by atoms with E-state index < -0.39 is 16.8 Å². The van der Waals surface area contributed by atoms with Crippen molar-refractivity contribution in [1.82, 2.24) is 10.3 Å². The van der Waals surface area contributed by atoms with Gasteiger partial charge in [0.15, 0.2) is 17.3 Å². The number of aromatic nitrogens is 1. The number of ketones is 1. The highest BCUT2D eigenvalue weighted by atomic mass is 19.1. The van der Waals surface area contributed by atoms with E-state index in [-0.39, 0.29) is 50.9 Å². The number of rotatable bonds is 13. The molecule has 1 aliphatic heterocycles. The molecule has 9 nitrogen and oxygen atoms in total. The van der Waals surface area contributed by atoms with E-state index in [9.17, 15) is 19.1 Å². The Labute approximate surface area is 267 Å². The number of carbonyl (C=O) groups is 2. The van der Waals surface area contributed by atoms with Crippen LogP contribution in [0.1, 0.15) is 58.7 Å². The van der Waals surface area contributed by atoms with Gasteiger partial charge in [0, 0.05) is 40.6 Å². The summed E-state index contributed by atoms with van der Waals surface area (Å²) in [5.41, 5.74) is 0.784. The molecule has 0 spiro atoms. The van der Waals surface area contributed by atoms with Crippen LogP contribution in [-0.2, 0) is 11.0 Å². The van der Waals surface area contributed by atoms with Crippen LogP contribution in [0.4, 0.5) is 4.39 Å². The van der Waals surface area contributed by atoms with E-state index in [4.69, 9.17) is 24.3 Å². The van der Waals surface area contributed by atoms with Crippen molar-refractivity contribution in [1.29, 1.82) is 0 Å². The normalized spacial score (nSPS) is 16.6. The summed E-state index contributed by atoms with van der Waals surface area (Å²) in [6.07, 6.45) is 0.0480. The zero-order valence-corrected chi connectivity index (χ0v) is 26.0. The number of hydrogen-bond acceptors (Lipinski definition) is 8. The fraction of sp³-hybridized carbons (Fsp3) is 0.306. The maximum atomic E-state index is 13.8. The van der Waals surface area contributed by atoms with E-state index in [1.54, 1.807) is 67.6 Å². The van der Waals surface area contributed by atoms with Gasteiger partial charge >= 0.3 is 0 Å². The third kappa shape index (κ3) is 7.03. The molecule has 5 rings (SSSR count). The molecule has 10 heteroatoms. The summed E-state index contributed by atoms with van der Waals surface area (Å²) in [7, 11) is 1.46. The number of pyridine rings is 1. The number of benzene rings is 3. The Morgan fingerprint density at radius 2 is 1.78 bits per heavy atom. The third-order valence-corrected chi connectivity index (χ3v) is 8.18. The maximum Gasteiger partial charge on any atom is 0.251 e. The summed E-state index contributed by atoms with van der Waals surface area (Å²) < 4.78 is 30.8. The van der Waals surface area contributed by atoms with Crippen molar-refractivity contribution in [3.05, 3.63) is 107 Å². The van der Waals surface area contributed by atoms with Crippen LogP contribution >= 0.6 is 0 Å². The molecule has 0 fully saturated rings. The van der Waals surface area contributed by atoms with Gasteiger partial charge in [-0.1, -0.05) is 25.1 Å². The van der Waals surface area contributed by atoms with Crippen LogP contribution in [0.25, 0.3) is 11.3 Å². The molecular weight excluding hydrogens is 591 g/mol. The lowest BCUT2D eigenvalue weighted by molar-refractivity contribution is 0.0396. The van der Waals surface area contributed by atoms with Crippen LogP contribution in [0.5, 0.6) is 17.2 Å². The molecule has 1 aromatic heterocycles. The second-order valence-corrected chi connectivity index (χ2v) is 11.8. The highest BCUT2D eigenvalue weighted by Gasteiger charge is 2.41. The van der Waals surface area contributed by atoms with Crippen molar-refractivity contribution < 1.29 is 38.4 Å². The summed E-state index contributed by atoms with van der Waals surface area (Å²) in [5.74, 6) is 0.410. The summed E-state index contributed by atoms with van der Waals surface area (Å²) in [5, 5.41) is 23.8. The van der Waals surface area contributed by atoms with Gasteiger partial charge in [-0.2, -0.15) is 0 Å². The van der Waals surface area contributed by atoms with Gasteiger partial charge in [-0.3, -0.25) is 9.59 Å². The van der Waals surface area contributed by atoms with Crippen molar-refractivity contribution in [2.75, 3.05) is 33.5 Å². The van der Waals surface area contributed by atoms with Crippen molar-refractivity contribution in [3.8, 4) is 28.5 Å². The van der Waals surface area contributed by atoms with Gasteiger partial charge in [0.05, 0.1) is 26.0 Å². The Balaban J connectivity index is 1.42. The fourth-order valence-corrected chi connectivity index (χ4v) is 5.37. The number of halogens is 1. The van der Waals surface area contributed by atoms with Crippen LogP contribution in [0.15, 0.2) is 78.9 Å². The van der Waals surface area contributed by atoms with Gasteiger partial charge < -0.3 is 29.7 Å². The quantitative estimate of drug-likeness (QED) is 0.172. The zero-order valence-electron chi connectivity index (χ0n) is 26.0. The SMILES string of the molecule is COc1cc(C(=O)CC[C@](C)(O)c2cc3c(c(-c4ccc(F)cc4)n2)OC[C@]3(C)CNC(=O)c2ccccc2)ccc1OCCO. The molecule has 4 aromatic rings. The molecule has 0 bridgehead atoms. The lowest BCUT2D eigenvalue weighted by atomic mass is 9.81. The first-order valence-electron chi connectivity index (χ1n) is 15.0. The van der Waals surface area contributed by atoms with Gasteiger partial charge in [-0.05, 0) is 74.0 Å². The molecule has 46 heavy (non-hydrogen) atoms. The summed E-state index contributed by atoms with van der Waals surface area (Å²) in [4.78, 5) is 30.9. The number of nitrogens with zero attached hydrogens (tertiary/aromatic N) is 1. The molecule has 0 unspecified atom stereocenters. The highest BCUT2D eigenvalue weighted by molar-refractivity contribution is 5.96. The number of amides is 1. The largest absolute Gasteiger partial charge is 0.493 e. The number of aliphatic hydroxyl groups is 2. The predicted octanol–water partition coefficient (Wildman–Crippen LogP) is 5.22. The number of fused-ring (bicyclic) bond motifs is 1. The first kappa shape index (κ1) is 32.6. The van der Waals surface area contributed by atoms with Gasteiger partial charge in [-0.25, -0.2) is 9.37 Å². The van der Waals surface area contributed by atoms with E-state index in [1.807, 2.05) is 13.0 Å². The second-order valence-electron chi connectivity index (χ2n) is 11.8. The van der Waals surface area contributed by atoms with Crippen molar-refractivity contribution in [3.63, 3.8) is 0 Å². The standard InChI is InChI=1S/C36H37FN2O7/c1-35(21-38-34(42)24-7-5-4-6-8-24)22-46-33-27(35)20-31(39-32(33)23-9-12-26(37)13-10-23)36(2,43)16-15-28(41)25-11-14-29(45-18-17-40)30(19-25)44-3/h4-14,19-20,40,43H,15-18,21-22H2,1-3H3,(H,38,42)/t35-,36-/m0/s1. The molecule has 3 N–H and O–H groups in total. The number of aliphatic hydroxyl groups excluding tert-OH is 1. The zero-order chi connectivity index (χ0) is 32.9. The van der Waals surface area contributed by atoms with Gasteiger partial charge in [0.25, 0.3) is 5.91 Å². The molecule has 0 saturated heterocycles. The first-order valence-corrected chi connectivity index (χ1v) is 15.0. The van der Waals surface area contributed by atoms with Gasteiger partial charge in [-0.15, -0.1) is 0 Å². The molecular formula is C36H37FN2O7. The Morgan fingerprint density at radius 1 is 1.04 bits per heavy atom. The van der Waals surface area contributed by atoms with Crippen molar-refractivity contribution >= 4 is 11.7 Å². The molecule has 0 aliphatic carbocycles. The first-order chi connectivity index (χ1) is 22.0. The second kappa shape index (κ2) is 13.7. The lowest BCUT2D eigenvalue weighted by Gasteiger charge is -2.27. The molecule has 0 radical (unpaired) electrons. The molecule has 3 aromatic carbocycles. The predicted molar refractivity (Wildman–Crippen MR) is 170 cm³/mol. The minimum absolute atomic E-state index is 0.00144. The topological polar surface area (TPSA) is 127 Å². The average molecular weight is 629 g/mol. The Hall–Kier alpha value is -4.80. The molecule has 240 valence electrons. The maximum absolute atomic E-state index is 13.8. The molecule has 0 saturated carbocycles. The summed E-state index contributed by atoms with van der Waals surface area (Å²) in [6.45, 7) is 3.98. The third-order valence-electron chi connectivity index (χ3n) is 8.18.